The minimum atomic E-state index is -4.64. The summed E-state index contributed by atoms with van der Waals surface area (Å²) in [5, 5.41) is 5.27. The highest BCUT2D eigenvalue weighted by atomic mass is 32.2. The largest absolute Gasteiger partial charge is 0.416 e. The monoisotopic (exact) mass is 464 g/mol. The fourth-order valence-corrected chi connectivity index (χ4v) is 4.54. The number of carbonyl (C=O) groups excluding carboxylic acids is 2. The highest BCUT2D eigenvalue weighted by molar-refractivity contribution is 7.89. The molecule has 1 heterocycles. The zero-order chi connectivity index (χ0) is 23.2. The van der Waals surface area contributed by atoms with E-state index < -0.39 is 32.7 Å². The number of piperazine rings is 1. The first-order valence-corrected chi connectivity index (χ1v) is 11.4. The molecule has 0 bridgehead atoms. The normalized spacial score (nSPS) is 17.2. The fourth-order valence-electron chi connectivity index (χ4n) is 3.07. The van der Waals surface area contributed by atoms with Crippen LogP contribution in [0.5, 0.6) is 0 Å². The van der Waals surface area contributed by atoms with Gasteiger partial charge >= 0.3 is 6.18 Å². The van der Waals surface area contributed by atoms with Crippen LogP contribution in [0.2, 0.25) is 0 Å². The van der Waals surface area contributed by atoms with E-state index >= 15 is 0 Å². The molecule has 1 aromatic rings. The van der Waals surface area contributed by atoms with Crippen molar-refractivity contribution in [1.82, 2.24) is 19.8 Å². The molecule has 12 heteroatoms. The van der Waals surface area contributed by atoms with Crippen LogP contribution in [0.15, 0.2) is 29.2 Å². The molecule has 1 saturated heterocycles. The molecule has 2 amide bonds. The lowest BCUT2D eigenvalue weighted by atomic mass is 10.2. The van der Waals surface area contributed by atoms with E-state index in [0.29, 0.717) is 12.6 Å². The summed E-state index contributed by atoms with van der Waals surface area (Å²) < 4.78 is 65.2. The smallest absolute Gasteiger partial charge is 0.354 e. The molecule has 0 unspecified atom stereocenters. The van der Waals surface area contributed by atoms with Crippen molar-refractivity contribution in [3.8, 4) is 0 Å². The third-order valence-electron chi connectivity index (χ3n) is 4.82. The minimum absolute atomic E-state index is 0.0111. The van der Waals surface area contributed by atoms with E-state index in [9.17, 15) is 31.2 Å². The van der Waals surface area contributed by atoms with Crippen LogP contribution in [0.4, 0.5) is 13.2 Å². The average molecular weight is 465 g/mol. The molecular weight excluding hydrogens is 437 g/mol. The van der Waals surface area contributed by atoms with Crippen LogP contribution in [0, 0.1) is 0 Å². The van der Waals surface area contributed by atoms with Crippen LogP contribution >= 0.6 is 0 Å². The van der Waals surface area contributed by atoms with Gasteiger partial charge in [-0.15, -0.1) is 0 Å². The van der Waals surface area contributed by atoms with Gasteiger partial charge < -0.3 is 10.6 Å². The highest BCUT2D eigenvalue weighted by Gasteiger charge is 2.34. The molecular formula is C19H27F3N4O4S. The van der Waals surface area contributed by atoms with Crippen LogP contribution < -0.4 is 10.6 Å². The summed E-state index contributed by atoms with van der Waals surface area (Å²) in [6.07, 6.45) is -3.86. The van der Waals surface area contributed by atoms with Gasteiger partial charge in [0.25, 0.3) is 0 Å². The Kier molecular flexibility index (Phi) is 8.43. The lowest BCUT2D eigenvalue weighted by Gasteiger charge is -2.33. The van der Waals surface area contributed by atoms with Crippen molar-refractivity contribution in [2.45, 2.75) is 37.4 Å². The number of sulfonamides is 1. The summed E-state index contributed by atoms with van der Waals surface area (Å²) in [6, 6.07) is 2.95. The maximum atomic E-state index is 12.9. The second-order valence-corrected chi connectivity index (χ2v) is 9.22. The minimum Gasteiger partial charge on any atom is -0.354 e. The molecule has 2 rings (SSSR count). The van der Waals surface area contributed by atoms with E-state index in [-0.39, 0.29) is 44.5 Å². The number of alkyl halides is 3. The molecule has 174 valence electrons. The molecule has 31 heavy (non-hydrogen) atoms. The van der Waals surface area contributed by atoms with Crippen LogP contribution in [-0.4, -0.2) is 74.7 Å². The molecule has 0 radical (unpaired) electrons. The predicted molar refractivity (Wildman–Crippen MR) is 108 cm³/mol. The third kappa shape index (κ3) is 6.91. The van der Waals surface area contributed by atoms with Crippen LogP contribution in [0.25, 0.3) is 0 Å². The first-order chi connectivity index (χ1) is 14.4. The molecule has 1 fully saturated rings. The van der Waals surface area contributed by atoms with Gasteiger partial charge in [-0.3, -0.25) is 14.5 Å². The summed E-state index contributed by atoms with van der Waals surface area (Å²) in [5.41, 5.74) is -1.03. The van der Waals surface area contributed by atoms with E-state index in [0.717, 1.165) is 28.9 Å². The van der Waals surface area contributed by atoms with Crippen molar-refractivity contribution < 1.29 is 31.2 Å². The highest BCUT2D eigenvalue weighted by Crippen LogP contribution is 2.31. The van der Waals surface area contributed by atoms with Gasteiger partial charge in [-0.25, -0.2) is 8.42 Å². The number of amides is 2. The number of benzene rings is 1. The van der Waals surface area contributed by atoms with E-state index in [2.05, 4.69) is 10.6 Å². The number of rotatable bonds is 8. The molecule has 1 aromatic carbocycles. The zero-order valence-electron chi connectivity index (χ0n) is 17.4. The van der Waals surface area contributed by atoms with Gasteiger partial charge in [0, 0.05) is 32.7 Å². The van der Waals surface area contributed by atoms with Crippen molar-refractivity contribution in [1.29, 1.82) is 0 Å². The first kappa shape index (κ1) is 25.1. The van der Waals surface area contributed by atoms with Gasteiger partial charge in [0.2, 0.25) is 21.8 Å². The molecule has 0 aromatic heterocycles. The van der Waals surface area contributed by atoms with Crippen molar-refractivity contribution in [3.63, 3.8) is 0 Å². The SMILES string of the molecule is CCCNC(=O)[C@@H](C)NC(=O)CN1CCN(S(=O)(=O)c2cccc(C(F)(F)F)c2)CC1. The van der Waals surface area contributed by atoms with Crippen molar-refractivity contribution in [2.75, 3.05) is 39.3 Å². The Hall–Kier alpha value is -2.18. The summed E-state index contributed by atoms with van der Waals surface area (Å²) >= 11 is 0. The van der Waals surface area contributed by atoms with Gasteiger partial charge in [-0.2, -0.15) is 17.5 Å². The van der Waals surface area contributed by atoms with E-state index in [1.54, 1.807) is 11.8 Å². The zero-order valence-corrected chi connectivity index (χ0v) is 18.2. The van der Waals surface area contributed by atoms with E-state index in [4.69, 9.17) is 0 Å². The van der Waals surface area contributed by atoms with Crippen LogP contribution in [-0.2, 0) is 25.8 Å². The first-order valence-electron chi connectivity index (χ1n) is 9.92. The molecule has 0 spiro atoms. The number of nitrogens with one attached hydrogen (secondary N) is 2. The summed E-state index contributed by atoms with van der Waals surface area (Å²) in [5.74, 6) is -0.652. The summed E-state index contributed by atoms with van der Waals surface area (Å²) in [7, 11) is -4.08. The maximum Gasteiger partial charge on any atom is 0.416 e. The molecule has 2 N–H and O–H groups in total. The van der Waals surface area contributed by atoms with Gasteiger partial charge in [-0.05, 0) is 31.5 Å². The number of carbonyl (C=O) groups is 2. The van der Waals surface area contributed by atoms with Crippen LogP contribution in [0.1, 0.15) is 25.8 Å². The number of nitrogens with zero attached hydrogens (tertiary/aromatic N) is 2. The predicted octanol–water partition coefficient (Wildman–Crippen LogP) is 1.04. The Morgan fingerprint density at radius 1 is 1.16 bits per heavy atom. The lowest BCUT2D eigenvalue weighted by Crippen LogP contribution is -2.53. The fraction of sp³-hybridized carbons (Fsp3) is 0.579. The molecule has 1 aliphatic rings. The van der Waals surface area contributed by atoms with Crippen molar-refractivity contribution in [3.05, 3.63) is 29.8 Å². The lowest BCUT2D eigenvalue weighted by molar-refractivity contribution is -0.137. The molecule has 1 atom stereocenters. The van der Waals surface area contributed by atoms with E-state index in [1.807, 2.05) is 6.92 Å². The standard InChI is InChI=1S/C19H27F3N4O4S/c1-3-7-23-18(28)14(2)24-17(27)13-25-8-10-26(11-9-25)31(29,30)16-6-4-5-15(12-16)19(20,21)22/h4-6,12,14H,3,7-11,13H2,1-2H3,(H,23,28)(H,24,27)/t14-/m1/s1. The van der Waals surface area contributed by atoms with Crippen molar-refractivity contribution in [2.24, 2.45) is 0 Å². The van der Waals surface area contributed by atoms with Crippen LogP contribution in [0.3, 0.4) is 0 Å². The number of halogens is 3. The quantitative estimate of drug-likeness (QED) is 0.599. The second kappa shape index (κ2) is 10.4. The van der Waals surface area contributed by atoms with Gasteiger partial charge in [-0.1, -0.05) is 13.0 Å². The molecule has 0 saturated carbocycles. The molecule has 1 aliphatic heterocycles. The number of hydrogen-bond donors (Lipinski definition) is 2. The van der Waals surface area contributed by atoms with Gasteiger partial charge in [0.1, 0.15) is 6.04 Å². The molecule has 0 aliphatic carbocycles. The Morgan fingerprint density at radius 3 is 2.39 bits per heavy atom. The third-order valence-corrected chi connectivity index (χ3v) is 6.71. The summed E-state index contributed by atoms with van der Waals surface area (Å²) in [4.78, 5) is 25.3. The summed E-state index contributed by atoms with van der Waals surface area (Å²) in [6.45, 7) is 4.55. The Labute approximate surface area is 179 Å². The number of hydrogen-bond acceptors (Lipinski definition) is 5. The molecule has 8 nitrogen and oxygen atoms in total. The Balaban J connectivity index is 1.91. The van der Waals surface area contributed by atoms with Gasteiger partial charge in [0.05, 0.1) is 17.0 Å². The Bertz CT molecular complexity index is 884. The topological polar surface area (TPSA) is 98.8 Å². The average Bonchev–Trinajstić information content (AvgIpc) is 2.71. The van der Waals surface area contributed by atoms with Crippen molar-refractivity contribution >= 4 is 21.8 Å². The maximum absolute atomic E-state index is 12.9. The second-order valence-electron chi connectivity index (χ2n) is 7.29. The van der Waals surface area contributed by atoms with Gasteiger partial charge in [0.15, 0.2) is 0 Å². The van der Waals surface area contributed by atoms with E-state index in [1.165, 1.54) is 0 Å². The Morgan fingerprint density at radius 2 is 1.81 bits per heavy atom.